The average Bonchev–Trinajstić information content (AvgIpc) is 2.89. The molecule has 0 aliphatic carbocycles. The van der Waals surface area contributed by atoms with Crippen LogP contribution in [0.25, 0.3) is 0 Å². The fourth-order valence-electron chi connectivity index (χ4n) is 3.58. The van der Waals surface area contributed by atoms with Crippen molar-refractivity contribution in [3.8, 4) is 5.75 Å². The predicted molar refractivity (Wildman–Crippen MR) is 119 cm³/mol. The van der Waals surface area contributed by atoms with Gasteiger partial charge in [-0.15, -0.1) is 0 Å². The quantitative estimate of drug-likeness (QED) is 0.707. The SMILES string of the molecule is CCOc1ccc(NC(=O)CN(C)S(=O)(=O)c2ccc3c(c2)C(C)(C)C(=O)N3C)cc1. The summed E-state index contributed by atoms with van der Waals surface area (Å²) < 4.78 is 32.4. The summed E-state index contributed by atoms with van der Waals surface area (Å²) in [7, 11) is -0.906. The van der Waals surface area contributed by atoms with Crippen LogP contribution in [0.5, 0.6) is 5.75 Å². The molecule has 0 fully saturated rings. The van der Waals surface area contributed by atoms with Crippen LogP contribution in [-0.4, -0.2) is 51.8 Å². The van der Waals surface area contributed by atoms with Crippen LogP contribution in [0.4, 0.5) is 11.4 Å². The van der Waals surface area contributed by atoms with Crippen molar-refractivity contribution in [1.29, 1.82) is 0 Å². The normalized spacial score (nSPS) is 15.2. The maximum absolute atomic E-state index is 13.0. The third kappa shape index (κ3) is 4.28. The number of anilines is 2. The van der Waals surface area contributed by atoms with Gasteiger partial charge in [-0.1, -0.05) is 0 Å². The van der Waals surface area contributed by atoms with Gasteiger partial charge in [-0.2, -0.15) is 4.31 Å². The van der Waals surface area contributed by atoms with Gasteiger partial charge in [-0.25, -0.2) is 8.42 Å². The molecule has 2 aromatic carbocycles. The number of likely N-dealkylation sites (N-methyl/N-ethyl adjacent to an activating group) is 2. The molecule has 9 heteroatoms. The number of rotatable bonds is 7. The zero-order valence-electron chi connectivity index (χ0n) is 18.3. The van der Waals surface area contributed by atoms with Crippen LogP contribution in [0.3, 0.4) is 0 Å². The molecule has 0 spiro atoms. The number of carbonyl (C=O) groups excluding carboxylic acids is 2. The molecule has 3 rings (SSSR count). The summed E-state index contributed by atoms with van der Waals surface area (Å²) in [4.78, 5) is 26.4. The number of nitrogens with one attached hydrogen (secondary N) is 1. The minimum absolute atomic E-state index is 0.0405. The Bertz CT molecular complexity index is 1110. The zero-order chi connectivity index (χ0) is 23.0. The second kappa shape index (κ2) is 8.32. The van der Waals surface area contributed by atoms with Crippen molar-refractivity contribution in [3.05, 3.63) is 48.0 Å². The lowest BCUT2D eigenvalue weighted by Crippen LogP contribution is -2.35. The summed E-state index contributed by atoms with van der Waals surface area (Å²) >= 11 is 0. The van der Waals surface area contributed by atoms with E-state index in [4.69, 9.17) is 4.74 Å². The number of hydrogen-bond acceptors (Lipinski definition) is 5. The van der Waals surface area contributed by atoms with Crippen LogP contribution in [0.2, 0.25) is 0 Å². The van der Waals surface area contributed by atoms with Gasteiger partial charge < -0.3 is 15.0 Å². The molecule has 8 nitrogen and oxygen atoms in total. The molecule has 0 bridgehead atoms. The third-order valence-electron chi connectivity index (χ3n) is 5.37. The fourth-order valence-corrected chi connectivity index (χ4v) is 4.74. The van der Waals surface area contributed by atoms with Gasteiger partial charge in [0.25, 0.3) is 0 Å². The maximum atomic E-state index is 13.0. The lowest BCUT2D eigenvalue weighted by atomic mass is 9.86. The Morgan fingerprint density at radius 2 is 1.81 bits per heavy atom. The van der Waals surface area contributed by atoms with E-state index in [1.807, 2.05) is 6.92 Å². The van der Waals surface area contributed by atoms with Crippen molar-refractivity contribution < 1.29 is 22.7 Å². The molecule has 0 aromatic heterocycles. The van der Waals surface area contributed by atoms with Gasteiger partial charge in [0.2, 0.25) is 21.8 Å². The van der Waals surface area contributed by atoms with Crippen LogP contribution in [0, 0.1) is 0 Å². The number of hydrogen-bond donors (Lipinski definition) is 1. The second-order valence-corrected chi connectivity index (χ2v) is 9.98. The Hall–Kier alpha value is -2.91. The molecule has 2 amide bonds. The Morgan fingerprint density at radius 1 is 1.16 bits per heavy atom. The molecule has 1 aliphatic heterocycles. The van der Waals surface area contributed by atoms with E-state index in [1.54, 1.807) is 51.2 Å². The standard InChI is InChI=1S/C22H27N3O5S/c1-6-30-16-9-7-15(8-10-16)23-20(26)14-24(4)31(28,29)17-11-12-19-18(13-17)22(2,3)21(27)25(19)5/h7-13H,6,14H2,1-5H3,(H,23,26). The Morgan fingerprint density at radius 3 is 2.42 bits per heavy atom. The molecule has 2 aromatic rings. The van der Waals surface area contributed by atoms with Crippen molar-refractivity contribution in [2.24, 2.45) is 0 Å². The molecule has 1 heterocycles. The number of carbonyl (C=O) groups is 2. The highest BCUT2D eigenvalue weighted by Crippen LogP contribution is 2.41. The smallest absolute Gasteiger partial charge is 0.243 e. The first-order chi connectivity index (χ1) is 14.5. The molecule has 0 unspecified atom stereocenters. The maximum Gasteiger partial charge on any atom is 0.243 e. The molecule has 1 N–H and O–H groups in total. The van der Waals surface area contributed by atoms with E-state index in [0.29, 0.717) is 29.3 Å². The van der Waals surface area contributed by atoms with E-state index >= 15 is 0 Å². The zero-order valence-corrected chi connectivity index (χ0v) is 19.1. The van der Waals surface area contributed by atoms with Gasteiger partial charge in [-0.3, -0.25) is 9.59 Å². The van der Waals surface area contributed by atoms with Crippen molar-refractivity contribution >= 4 is 33.2 Å². The molecule has 0 saturated heterocycles. The number of amides is 2. The number of sulfonamides is 1. The number of nitrogens with zero attached hydrogens (tertiary/aromatic N) is 2. The minimum atomic E-state index is -3.92. The van der Waals surface area contributed by atoms with E-state index in [-0.39, 0.29) is 17.3 Å². The lowest BCUT2D eigenvalue weighted by Gasteiger charge is -2.19. The van der Waals surface area contributed by atoms with Gasteiger partial charge in [-0.05, 0) is 68.8 Å². The summed E-state index contributed by atoms with van der Waals surface area (Å²) in [6.45, 7) is 5.60. The summed E-state index contributed by atoms with van der Waals surface area (Å²) in [6, 6.07) is 11.4. The first-order valence-electron chi connectivity index (χ1n) is 9.90. The van der Waals surface area contributed by atoms with Crippen molar-refractivity contribution in [2.45, 2.75) is 31.1 Å². The van der Waals surface area contributed by atoms with Crippen LogP contribution >= 0.6 is 0 Å². The first-order valence-corrected chi connectivity index (χ1v) is 11.3. The van der Waals surface area contributed by atoms with Crippen LogP contribution in [0.1, 0.15) is 26.3 Å². The molecule has 0 saturated carbocycles. The van der Waals surface area contributed by atoms with Crippen molar-refractivity contribution in [1.82, 2.24) is 4.31 Å². The largest absolute Gasteiger partial charge is 0.494 e. The third-order valence-corrected chi connectivity index (χ3v) is 7.16. The highest BCUT2D eigenvalue weighted by atomic mass is 32.2. The second-order valence-electron chi connectivity index (χ2n) is 7.93. The van der Waals surface area contributed by atoms with E-state index in [1.165, 1.54) is 24.1 Å². The molecular formula is C22H27N3O5S. The molecule has 31 heavy (non-hydrogen) atoms. The number of fused-ring (bicyclic) bond motifs is 1. The van der Waals surface area contributed by atoms with Crippen molar-refractivity contribution in [3.63, 3.8) is 0 Å². The lowest BCUT2D eigenvalue weighted by molar-refractivity contribution is -0.121. The van der Waals surface area contributed by atoms with Crippen LogP contribution < -0.4 is 15.0 Å². The topological polar surface area (TPSA) is 96.0 Å². The summed E-state index contributed by atoms with van der Waals surface area (Å²) in [5.74, 6) is 0.121. The summed E-state index contributed by atoms with van der Waals surface area (Å²) in [5, 5.41) is 2.68. The van der Waals surface area contributed by atoms with Gasteiger partial charge in [0.05, 0.1) is 23.5 Å². The van der Waals surface area contributed by atoms with Gasteiger partial charge in [0.15, 0.2) is 0 Å². The Balaban J connectivity index is 1.74. The van der Waals surface area contributed by atoms with E-state index in [9.17, 15) is 18.0 Å². The fraction of sp³-hybridized carbons (Fsp3) is 0.364. The predicted octanol–water partition coefficient (Wildman–Crippen LogP) is 2.60. The van der Waals surface area contributed by atoms with Crippen LogP contribution in [-0.2, 0) is 25.0 Å². The van der Waals surface area contributed by atoms with E-state index < -0.39 is 21.3 Å². The van der Waals surface area contributed by atoms with Gasteiger partial charge in [0, 0.05) is 25.5 Å². The molecule has 0 atom stereocenters. The Labute approximate surface area is 182 Å². The van der Waals surface area contributed by atoms with E-state index in [2.05, 4.69) is 5.32 Å². The Kier molecular flexibility index (Phi) is 6.11. The highest BCUT2D eigenvalue weighted by molar-refractivity contribution is 7.89. The highest BCUT2D eigenvalue weighted by Gasteiger charge is 2.43. The van der Waals surface area contributed by atoms with Crippen molar-refractivity contribution in [2.75, 3.05) is 37.5 Å². The number of ether oxygens (including phenoxy) is 1. The average molecular weight is 446 g/mol. The molecule has 0 radical (unpaired) electrons. The van der Waals surface area contributed by atoms with Gasteiger partial charge in [0.1, 0.15) is 5.75 Å². The molecule has 1 aliphatic rings. The summed E-state index contributed by atoms with van der Waals surface area (Å²) in [6.07, 6.45) is 0. The van der Waals surface area contributed by atoms with Gasteiger partial charge >= 0.3 is 0 Å². The first kappa shape index (κ1) is 22.8. The van der Waals surface area contributed by atoms with E-state index in [0.717, 1.165) is 4.31 Å². The minimum Gasteiger partial charge on any atom is -0.494 e. The summed E-state index contributed by atoms with van der Waals surface area (Å²) in [5.41, 5.74) is 1.05. The molecule has 166 valence electrons. The molecular weight excluding hydrogens is 418 g/mol. The monoisotopic (exact) mass is 445 g/mol. The van der Waals surface area contributed by atoms with Crippen LogP contribution in [0.15, 0.2) is 47.4 Å². The number of benzene rings is 2.